The summed E-state index contributed by atoms with van der Waals surface area (Å²) in [7, 11) is 0. The molecular formula is C11H15N3O2. The SMILES string of the molecule is CC(NC(C(=O)O)C1CC1)c1cnccn1. The van der Waals surface area contributed by atoms with E-state index >= 15 is 0 Å². The van der Waals surface area contributed by atoms with Crippen molar-refractivity contribution in [2.24, 2.45) is 5.92 Å². The van der Waals surface area contributed by atoms with Gasteiger partial charge in [0.05, 0.1) is 5.69 Å². The van der Waals surface area contributed by atoms with Gasteiger partial charge in [0.1, 0.15) is 6.04 Å². The molecule has 0 amide bonds. The zero-order chi connectivity index (χ0) is 11.5. The van der Waals surface area contributed by atoms with Gasteiger partial charge in [0.15, 0.2) is 0 Å². The summed E-state index contributed by atoms with van der Waals surface area (Å²) in [6.45, 7) is 1.91. The van der Waals surface area contributed by atoms with Crippen LogP contribution in [0, 0.1) is 5.92 Å². The van der Waals surface area contributed by atoms with Crippen LogP contribution in [0.2, 0.25) is 0 Å². The molecule has 0 aromatic carbocycles. The highest BCUT2D eigenvalue weighted by Crippen LogP contribution is 2.33. The van der Waals surface area contributed by atoms with E-state index in [0.29, 0.717) is 0 Å². The summed E-state index contributed by atoms with van der Waals surface area (Å²) in [6, 6.07) is -0.549. The maximum atomic E-state index is 11.0. The third-order valence-corrected chi connectivity index (χ3v) is 2.82. The monoisotopic (exact) mass is 221 g/mol. The minimum Gasteiger partial charge on any atom is -0.480 e. The molecule has 1 aliphatic rings. The number of carboxylic acid groups (broad SMARTS) is 1. The molecule has 2 rings (SSSR count). The molecule has 0 bridgehead atoms. The van der Waals surface area contributed by atoms with Gasteiger partial charge < -0.3 is 5.11 Å². The maximum absolute atomic E-state index is 11.0. The van der Waals surface area contributed by atoms with Gasteiger partial charge in [-0.3, -0.25) is 20.1 Å². The molecule has 0 radical (unpaired) electrons. The van der Waals surface area contributed by atoms with Crippen molar-refractivity contribution in [3.63, 3.8) is 0 Å². The summed E-state index contributed by atoms with van der Waals surface area (Å²) in [4.78, 5) is 19.2. The zero-order valence-corrected chi connectivity index (χ0v) is 9.13. The van der Waals surface area contributed by atoms with Crippen LogP contribution in [-0.4, -0.2) is 27.1 Å². The van der Waals surface area contributed by atoms with E-state index in [-0.39, 0.29) is 12.0 Å². The quantitative estimate of drug-likeness (QED) is 0.775. The predicted octanol–water partition coefficient (Wildman–Crippen LogP) is 0.990. The summed E-state index contributed by atoms with van der Waals surface area (Å²) in [6.07, 6.45) is 6.87. The van der Waals surface area contributed by atoms with Crippen LogP contribution in [0.25, 0.3) is 0 Å². The van der Waals surface area contributed by atoms with Crippen molar-refractivity contribution in [3.8, 4) is 0 Å². The number of carboxylic acids is 1. The molecule has 1 aliphatic carbocycles. The van der Waals surface area contributed by atoms with Gasteiger partial charge in [-0.2, -0.15) is 0 Å². The molecule has 1 fully saturated rings. The number of hydrogen-bond donors (Lipinski definition) is 2. The van der Waals surface area contributed by atoms with Crippen LogP contribution in [-0.2, 0) is 4.79 Å². The molecule has 2 N–H and O–H groups in total. The van der Waals surface area contributed by atoms with Crippen LogP contribution in [0.5, 0.6) is 0 Å². The summed E-state index contributed by atoms with van der Waals surface area (Å²) in [5.41, 5.74) is 0.773. The Hall–Kier alpha value is -1.49. The van der Waals surface area contributed by atoms with Crippen LogP contribution in [0.1, 0.15) is 31.5 Å². The van der Waals surface area contributed by atoms with Crippen molar-refractivity contribution in [3.05, 3.63) is 24.3 Å². The van der Waals surface area contributed by atoms with Gasteiger partial charge in [0.25, 0.3) is 0 Å². The van der Waals surface area contributed by atoms with E-state index in [1.165, 1.54) is 0 Å². The molecule has 1 heterocycles. The van der Waals surface area contributed by atoms with E-state index in [1.807, 2.05) is 6.92 Å². The molecule has 0 saturated heterocycles. The average molecular weight is 221 g/mol. The number of nitrogens with zero attached hydrogens (tertiary/aromatic N) is 2. The first-order valence-corrected chi connectivity index (χ1v) is 5.43. The third-order valence-electron chi connectivity index (χ3n) is 2.82. The van der Waals surface area contributed by atoms with Gasteiger partial charge in [0.2, 0.25) is 0 Å². The molecule has 2 unspecified atom stereocenters. The van der Waals surface area contributed by atoms with Crippen molar-refractivity contribution < 1.29 is 9.90 Å². The second kappa shape index (κ2) is 4.57. The number of hydrogen-bond acceptors (Lipinski definition) is 4. The van der Waals surface area contributed by atoms with Gasteiger partial charge >= 0.3 is 5.97 Å². The smallest absolute Gasteiger partial charge is 0.321 e. The van der Waals surface area contributed by atoms with Crippen LogP contribution in [0.4, 0.5) is 0 Å². The summed E-state index contributed by atoms with van der Waals surface area (Å²) >= 11 is 0. The Morgan fingerprint density at radius 3 is 2.81 bits per heavy atom. The molecule has 0 aliphatic heterocycles. The summed E-state index contributed by atoms with van der Waals surface area (Å²) in [5.74, 6) is -0.505. The second-order valence-corrected chi connectivity index (χ2v) is 4.17. The lowest BCUT2D eigenvalue weighted by Gasteiger charge is -2.19. The lowest BCUT2D eigenvalue weighted by atomic mass is 10.1. The normalized spacial score (nSPS) is 19.1. The van der Waals surface area contributed by atoms with E-state index < -0.39 is 12.0 Å². The molecule has 1 saturated carbocycles. The lowest BCUT2D eigenvalue weighted by Crippen LogP contribution is -2.40. The zero-order valence-electron chi connectivity index (χ0n) is 9.13. The van der Waals surface area contributed by atoms with E-state index in [2.05, 4.69) is 15.3 Å². The Morgan fingerprint density at radius 1 is 1.56 bits per heavy atom. The van der Waals surface area contributed by atoms with Gasteiger partial charge in [-0.1, -0.05) is 0 Å². The predicted molar refractivity (Wildman–Crippen MR) is 57.7 cm³/mol. The second-order valence-electron chi connectivity index (χ2n) is 4.17. The fraction of sp³-hybridized carbons (Fsp3) is 0.545. The number of aliphatic carboxylic acids is 1. The Labute approximate surface area is 93.9 Å². The van der Waals surface area contributed by atoms with Crippen LogP contribution in [0.3, 0.4) is 0 Å². The van der Waals surface area contributed by atoms with E-state index in [9.17, 15) is 4.79 Å². The number of aromatic nitrogens is 2. The fourth-order valence-corrected chi connectivity index (χ4v) is 1.73. The van der Waals surface area contributed by atoms with Gasteiger partial charge in [-0.25, -0.2) is 0 Å². The van der Waals surface area contributed by atoms with Gasteiger partial charge in [-0.05, 0) is 25.7 Å². The number of carbonyl (C=O) groups is 1. The van der Waals surface area contributed by atoms with Crippen molar-refractivity contribution in [2.75, 3.05) is 0 Å². The largest absolute Gasteiger partial charge is 0.480 e. The molecule has 1 aromatic rings. The van der Waals surface area contributed by atoms with Crippen LogP contribution >= 0.6 is 0 Å². The van der Waals surface area contributed by atoms with Crippen molar-refractivity contribution >= 4 is 5.97 Å². The first kappa shape index (κ1) is 11.0. The highest BCUT2D eigenvalue weighted by Gasteiger charge is 2.37. The molecule has 0 spiro atoms. The molecule has 16 heavy (non-hydrogen) atoms. The highest BCUT2D eigenvalue weighted by atomic mass is 16.4. The number of nitrogens with one attached hydrogen (secondary N) is 1. The van der Waals surface area contributed by atoms with E-state index in [1.54, 1.807) is 18.6 Å². The average Bonchev–Trinajstić information content (AvgIpc) is 3.10. The molecule has 5 heteroatoms. The molecule has 5 nitrogen and oxygen atoms in total. The maximum Gasteiger partial charge on any atom is 0.321 e. The van der Waals surface area contributed by atoms with Crippen molar-refractivity contribution in [1.82, 2.24) is 15.3 Å². The topological polar surface area (TPSA) is 75.1 Å². The molecule has 86 valence electrons. The first-order valence-electron chi connectivity index (χ1n) is 5.43. The highest BCUT2D eigenvalue weighted by molar-refractivity contribution is 5.74. The molecular weight excluding hydrogens is 206 g/mol. The minimum absolute atomic E-state index is 0.0876. The minimum atomic E-state index is -0.779. The fourth-order valence-electron chi connectivity index (χ4n) is 1.73. The van der Waals surface area contributed by atoms with Crippen LogP contribution in [0.15, 0.2) is 18.6 Å². The van der Waals surface area contributed by atoms with E-state index in [0.717, 1.165) is 18.5 Å². The van der Waals surface area contributed by atoms with Crippen molar-refractivity contribution in [1.29, 1.82) is 0 Å². The summed E-state index contributed by atoms with van der Waals surface area (Å²) < 4.78 is 0. The van der Waals surface area contributed by atoms with Gasteiger partial charge in [-0.15, -0.1) is 0 Å². The standard InChI is InChI=1S/C11H15N3O2/c1-7(9-6-12-4-5-13-9)14-10(11(15)16)8-2-3-8/h4-8,10,14H,2-3H2,1H3,(H,15,16). The molecule has 1 aromatic heterocycles. The lowest BCUT2D eigenvalue weighted by molar-refractivity contribution is -0.140. The van der Waals surface area contributed by atoms with Crippen molar-refractivity contribution in [2.45, 2.75) is 31.8 Å². The first-order chi connectivity index (χ1) is 7.68. The Kier molecular flexibility index (Phi) is 3.14. The Morgan fingerprint density at radius 2 is 2.31 bits per heavy atom. The Balaban J connectivity index is 2.00. The Bertz CT molecular complexity index is 365. The van der Waals surface area contributed by atoms with Gasteiger partial charge in [0, 0.05) is 24.6 Å². The summed E-state index contributed by atoms with van der Waals surface area (Å²) in [5, 5.41) is 12.2. The number of rotatable bonds is 5. The molecule has 2 atom stereocenters. The third kappa shape index (κ3) is 2.55. The van der Waals surface area contributed by atoms with E-state index in [4.69, 9.17) is 5.11 Å². The van der Waals surface area contributed by atoms with Crippen LogP contribution < -0.4 is 5.32 Å².